The maximum atomic E-state index is 12.4. The van der Waals surface area contributed by atoms with E-state index in [-0.39, 0.29) is 12.1 Å². The highest BCUT2D eigenvalue weighted by molar-refractivity contribution is 6.02. The average molecular weight is 433 g/mol. The Morgan fingerprint density at radius 3 is 1.19 bits per heavy atom. The van der Waals surface area contributed by atoms with E-state index in [2.05, 4.69) is 21.3 Å². The SMILES string of the molecule is CN(C)c1cccc(NC(=O)Nc2cccc(NC(=O)Nc3cccc(N(C)C)c3)c2)c1. The number of anilines is 6. The summed E-state index contributed by atoms with van der Waals surface area (Å²) in [7, 11) is 7.75. The van der Waals surface area contributed by atoms with Gasteiger partial charge >= 0.3 is 12.1 Å². The largest absolute Gasteiger partial charge is 0.378 e. The Kier molecular flexibility index (Phi) is 7.17. The first kappa shape index (κ1) is 22.5. The van der Waals surface area contributed by atoms with E-state index in [4.69, 9.17) is 0 Å². The second-order valence-electron chi connectivity index (χ2n) is 7.63. The molecular formula is C24H28N6O2. The van der Waals surface area contributed by atoms with Crippen molar-refractivity contribution in [2.24, 2.45) is 0 Å². The Labute approximate surface area is 188 Å². The second kappa shape index (κ2) is 10.2. The van der Waals surface area contributed by atoms with E-state index in [9.17, 15) is 9.59 Å². The Balaban J connectivity index is 1.59. The average Bonchev–Trinajstić information content (AvgIpc) is 2.74. The van der Waals surface area contributed by atoms with Crippen LogP contribution in [0.2, 0.25) is 0 Å². The van der Waals surface area contributed by atoms with Gasteiger partial charge in [-0.3, -0.25) is 0 Å². The number of amides is 4. The van der Waals surface area contributed by atoms with Crippen molar-refractivity contribution in [3.05, 3.63) is 72.8 Å². The molecule has 0 heterocycles. The van der Waals surface area contributed by atoms with E-state index in [0.717, 1.165) is 11.4 Å². The van der Waals surface area contributed by atoms with Gasteiger partial charge in [0.2, 0.25) is 0 Å². The molecule has 0 bridgehead atoms. The minimum Gasteiger partial charge on any atom is -0.378 e. The lowest BCUT2D eigenvalue weighted by atomic mass is 10.2. The number of nitrogens with one attached hydrogen (secondary N) is 4. The molecule has 0 aliphatic carbocycles. The topological polar surface area (TPSA) is 88.7 Å². The van der Waals surface area contributed by atoms with Gasteiger partial charge in [-0.15, -0.1) is 0 Å². The van der Waals surface area contributed by atoms with Gasteiger partial charge in [0.05, 0.1) is 0 Å². The lowest BCUT2D eigenvalue weighted by Gasteiger charge is -2.15. The summed E-state index contributed by atoms with van der Waals surface area (Å²) in [5.41, 5.74) is 4.44. The zero-order valence-electron chi connectivity index (χ0n) is 18.6. The molecule has 4 amide bonds. The Morgan fingerprint density at radius 1 is 0.531 bits per heavy atom. The van der Waals surface area contributed by atoms with Crippen LogP contribution in [0.1, 0.15) is 0 Å². The van der Waals surface area contributed by atoms with E-state index in [0.29, 0.717) is 22.7 Å². The van der Waals surface area contributed by atoms with Crippen LogP contribution in [0.15, 0.2) is 72.8 Å². The van der Waals surface area contributed by atoms with E-state index < -0.39 is 0 Å². The van der Waals surface area contributed by atoms with Gasteiger partial charge in [-0.05, 0) is 54.6 Å². The first-order chi connectivity index (χ1) is 15.3. The molecule has 32 heavy (non-hydrogen) atoms. The van der Waals surface area contributed by atoms with Gasteiger partial charge < -0.3 is 31.1 Å². The van der Waals surface area contributed by atoms with Crippen LogP contribution in [0.3, 0.4) is 0 Å². The number of nitrogens with zero attached hydrogens (tertiary/aromatic N) is 2. The molecule has 8 nitrogen and oxygen atoms in total. The first-order valence-electron chi connectivity index (χ1n) is 10.1. The van der Waals surface area contributed by atoms with Gasteiger partial charge in [0.15, 0.2) is 0 Å². The van der Waals surface area contributed by atoms with Gasteiger partial charge in [-0.2, -0.15) is 0 Å². The molecule has 166 valence electrons. The monoisotopic (exact) mass is 432 g/mol. The highest BCUT2D eigenvalue weighted by atomic mass is 16.2. The summed E-state index contributed by atoms with van der Waals surface area (Å²) in [6, 6.07) is 21.3. The minimum atomic E-state index is -0.372. The maximum Gasteiger partial charge on any atom is 0.323 e. The second-order valence-corrected chi connectivity index (χ2v) is 7.63. The molecular weight excluding hydrogens is 404 g/mol. The van der Waals surface area contributed by atoms with Crippen LogP contribution in [0, 0.1) is 0 Å². The van der Waals surface area contributed by atoms with Crippen LogP contribution < -0.4 is 31.1 Å². The standard InChI is InChI=1S/C24H28N6O2/c1-29(2)21-12-6-10-19(15-21)27-23(31)25-17-8-5-9-18(14-17)26-24(32)28-20-11-7-13-22(16-20)30(3)4/h5-16H,1-4H3,(H2,25,27,31)(H2,26,28,32). The van der Waals surface area contributed by atoms with Gasteiger partial charge in [0.25, 0.3) is 0 Å². The highest BCUT2D eigenvalue weighted by Gasteiger charge is 2.07. The molecule has 0 spiro atoms. The summed E-state index contributed by atoms with van der Waals surface area (Å²) in [5.74, 6) is 0. The van der Waals surface area contributed by atoms with Crippen molar-refractivity contribution in [3.8, 4) is 0 Å². The van der Waals surface area contributed by atoms with E-state index >= 15 is 0 Å². The summed E-state index contributed by atoms with van der Waals surface area (Å²) in [6.07, 6.45) is 0. The Hall–Kier alpha value is -4.20. The molecule has 0 unspecified atom stereocenters. The fraction of sp³-hybridized carbons (Fsp3) is 0.167. The first-order valence-corrected chi connectivity index (χ1v) is 10.1. The van der Waals surface area contributed by atoms with Crippen molar-refractivity contribution < 1.29 is 9.59 Å². The summed E-state index contributed by atoms with van der Waals surface area (Å²) < 4.78 is 0. The number of rotatable bonds is 6. The van der Waals surface area contributed by atoms with E-state index in [1.54, 1.807) is 24.3 Å². The summed E-state index contributed by atoms with van der Waals surface area (Å²) in [5, 5.41) is 11.2. The van der Waals surface area contributed by atoms with Gasteiger partial charge in [0.1, 0.15) is 0 Å². The number of urea groups is 2. The van der Waals surface area contributed by atoms with Gasteiger partial charge in [-0.1, -0.05) is 18.2 Å². The van der Waals surface area contributed by atoms with Crippen molar-refractivity contribution in [3.63, 3.8) is 0 Å². The fourth-order valence-electron chi connectivity index (χ4n) is 2.99. The molecule has 0 radical (unpaired) electrons. The van der Waals surface area contributed by atoms with Crippen LogP contribution in [-0.2, 0) is 0 Å². The predicted molar refractivity (Wildman–Crippen MR) is 133 cm³/mol. The lowest BCUT2D eigenvalue weighted by Crippen LogP contribution is -2.21. The number of hydrogen-bond acceptors (Lipinski definition) is 4. The molecule has 4 N–H and O–H groups in total. The number of benzene rings is 3. The van der Waals surface area contributed by atoms with Gasteiger partial charge in [0, 0.05) is 62.3 Å². The van der Waals surface area contributed by atoms with Crippen LogP contribution in [0.25, 0.3) is 0 Å². The fourth-order valence-corrected chi connectivity index (χ4v) is 2.99. The summed E-state index contributed by atoms with van der Waals surface area (Å²) >= 11 is 0. The minimum absolute atomic E-state index is 0.372. The molecule has 8 heteroatoms. The third-order valence-corrected chi connectivity index (χ3v) is 4.62. The van der Waals surface area contributed by atoms with Crippen molar-refractivity contribution >= 4 is 46.2 Å². The normalized spacial score (nSPS) is 10.1. The summed E-state index contributed by atoms with van der Waals surface area (Å²) in [6.45, 7) is 0. The third kappa shape index (κ3) is 6.40. The molecule has 0 fully saturated rings. The lowest BCUT2D eigenvalue weighted by molar-refractivity contribution is 0.261. The van der Waals surface area contributed by atoms with Crippen molar-refractivity contribution in [2.45, 2.75) is 0 Å². The molecule has 0 aromatic heterocycles. The zero-order chi connectivity index (χ0) is 23.1. The van der Waals surface area contributed by atoms with Crippen LogP contribution in [0.5, 0.6) is 0 Å². The molecule has 0 saturated carbocycles. The molecule has 0 saturated heterocycles. The van der Waals surface area contributed by atoms with Crippen molar-refractivity contribution in [1.82, 2.24) is 0 Å². The highest BCUT2D eigenvalue weighted by Crippen LogP contribution is 2.20. The smallest absolute Gasteiger partial charge is 0.323 e. The zero-order valence-corrected chi connectivity index (χ0v) is 18.6. The molecule has 0 aliphatic heterocycles. The van der Waals surface area contributed by atoms with Crippen LogP contribution in [-0.4, -0.2) is 40.3 Å². The number of carbonyl (C=O) groups is 2. The quantitative estimate of drug-likeness (QED) is 0.436. The van der Waals surface area contributed by atoms with Crippen molar-refractivity contribution in [1.29, 1.82) is 0 Å². The van der Waals surface area contributed by atoms with Gasteiger partial charge in [-0.25, -0.2) is 9.59 Å². The van der Waals surface area contributed by atoms with E-state index in [1.807, 2.05) is 86.5 Å². The van der Waals surface area contributed by atoms with Crippen LogP contribution in [0.4, 0.5) is 43.7 Å². The van der Waals surface area contributed by atoms with Crippen LogP contribution >= 0.6 is 0 Å². The van der Waals surface area contributed by atoms with Crippen molar-refractivity contribution in [2.75, 3.05) is 59.3 Å². The molecule has 3 rings (SSSR count). The predicted octanol–water partition coefficient (Wildman–Crippen LogP) is 5.11. The van der Waals surface area contributed by atoms with E-state index in [1.165, 1.54) is 0 Å². The Bertz CT molecular complexity index is 1010. The third-order valence-electron chi connectivity index (χ3n) is 4.62. The number of hydrogen-bond donors (Lipinski definition) is 4. The summed E-state index contributed by atoms with van der Waals surface area (Å²) in [4.78, 5) is 28.7. The Morgan fingerprint density at radius 2 is 0.844 bits per heavy atom. The molecule has 3 aromatic rings. The molecule has 0 atom stereocenters. The molecule has 3 aromatic carbocycles. The maximum absolute atomic E-state index is 12.4. The molecule has 0 aliphatic rings. The number of carbonyl (C=O) groups excluding carboxylic acids is 2.